The molecule has 0 aromatic carbocycles. The van der Waals surface area contributed by atoms with E-state index >= 15 is 0 Å². The number of thiophene rings is 1. The Kier molecular flexibility index (Phi) is 3.30. The lowest BCUT2D eigenvalue weighted by Crippen LogP contribution is -2.11. The van der Waals surface area contributed by atoms with Gasteiger partial charge in [0, 0.05) is 17.3 Å². The van der Waals surface area contributed by atoms with E-state index in [0.29, 0.717) is 18.4 Å². The van der Waals surface area contributed by atoms with E-state index in [9.17, 15) is 0 Å². The summed E-state index contributed by atoms with van der Waals surface area (Å²) in [5.74, 6) is 1.000. The Morgan fingerprint density at radius 1 is 1.35 bits per heavy atom. The third-order valence-electron chi connectivity index (χ3n) is 2.73. The normalized spacial score (nSPS) is 10.7. The van der Waals surface area contributed by atoms with Crippen LogP contribution in [0.5, 0.6) is 0 Å². The van der Waals surface area contributed by atoms with Crippen molar-refractivity contribution in [3.63, 3.8) is 0 Å². The minimum atomic E-state index is 0.163. The van der Waals surface area contributed by atoms with Crippen LogP contribution in [-0.2, 0) is 6.54 Å². The fourth-order valence-electron chi connectivity index (χ4n) is 1.69. The molecule has 0 aliphatic heterocycles. The van der Waals surface area contributed by atoms with Crippen molar-refractivity contribution in [2.24, 2.45) is 0 Å². The predicted octanol–water partition coefficient (Wildman–Crippen LogP) is 1.62. The van der Waals surface area contributed by atoms with Gasteiger partial charge in [-0.15, -0.1) is 11.3 Å². The highest BCUT2D eigenvalue weighted by atomic mass is 32.1. The predicted molar refractivity (Wildman–Crippen MR) is 77.7 cm³/mol. The fourth-order valence-corrected chi connectivity index (χ4v) is 2.54. The van der Waals surface area contributed by atoms with Gasteiger partial charge in [0.05, 0.1) is 6.54 Å². The van der Waals surface area contributed by atoms with Crippen LogP contribution < -0.4 is 11.1 Å². The first kappa shape index (κ1) is 12.5. The van der Waals surface area contributed by atoms with E-state index < -0.39 is 0 Å². The van der Waals surface area contributed by atoms with Crippen molar-refractivity contribution in [2.45, 2.75) is 13.5 Å². The van der Waals surface area contributed by atoms with Crippen LogP contribution in [0.2, 0.25) is 0 Å². The lowest BCUT2D eigenvalue weighted by atomic mass is 10.3. The SMILES string of the molecule is Cc1ccsc1CNc1nc(N)nc(-n2cccn2)n1. The molecule has 3 aromatic heterocycles. The Morgan fingerprint density at radius 2 is 2.25 bits per heavy atom. The quantitative estimate of drug-likeness (QED) is 0.757. The van der Waals surface area contributed by atoms with Crippen LogP contribution in [0.25, 0.3) is 5.95 Å². The lowest BCUT2D eigenvalue weighted by Gasteiger charge is -2.06. The van der Waals surface area contributed by atoms with Gasteiger partial charge in [-0.2, -0.15) is 20.1 Å². The zero-order chi connectivity index (χ0) is 13.9. The molecule has 7 nitrogen and oxygen atoms in total. The van der Waals surface area contributed by atoms with Gasteiger partial charge in [0.25, 0.3) is 5.95 Å². The molecule has 20 heavy (non-hydrogen) atoms. The van der Waals surface area contributed by atoms with Crippen LogP contribution in [0, 0.1) is 6.92 Å². The van der Waals surface area contributed by atoms with E-state index in [-0.39, 0.29) is 5.95 Å². The summed E-state index contributed by atoms with van der Waals surface area (Å²) < 4.78 is 1.54. The van der Waals surface area contributed by atoms with Crippen LogP contribution >= 0.6 is 11.3 Å². The number of aromatic nitrogens is 5. The molecule has 3 N–H and O–H groups in total. The third-order valence-corrected chi connectivity index (χ3v) is 3.75. The molecule has 0 saturated heterocycles. The molecule has 0 saturated carbocycles. The van der Waals surface area contributed by atoms with E-state index in [2.05, 4.69) is 43.7 Å². The molecular weight excluding hydrogens is 274 g/mol. The van der Waals surface area contributed by atoms with Gasteiger partial charge in [-0.1, -0.05) is 0 Å². The molecule has 3 heterocycles. The molecule has 0 unspecified atom stereocenters. The molecule has 0 aliphatic rings. The van der Waals surface area contributed by atoms with Gasteiger partial charge in [0.15, 0.2) is 0 Å². The average molecular weight is 287 g/mol. The van der Waals surface area contributed by atoms with Crippen molar-refractivity contribution in [1.29, 1.82) is 0 Å². The first-order chi connectivity index (χ1) is 9.72. The van der Waals surface area contributed by atoms with Crippen molar-refractivity contribution in [1.82, 2.24) is 24.7 Å². The fraction of sp³-hybridized carbons (Fsp3) is 0.167. The number of hydrogen-bond acceptors (Lipinski definition) is 7. The molecule has 8 heteroatoms. The number of aryl methyl sites for hydroxylation is 1. The number of nitrogen functional groups attached to an aromatic ring is 1. The Bertz CT molecular complexity index is 704. The number of rotatable bonds is 4. The highest BCUT2D eigenvalue weighted by molar-refractivity contribution is 7.10. The molecular formula is C12H13N7S. The summed E-state index contributed by atoms with van der Waals surface area (Å²) >= 11 is 1.69. The minimum absolute atomic E-state index is 0.163. The van der Waals surface area contributed by atoms with E-state index in [1.165, 1.54) is 10.4 Å². The van der Waals surface area contributed by atoms with Crippen molar-refractivity contribution in [3.8, 4) is 5.95 Å². The highest BCUT2D eigenvalue weighted by Crippen LogP contribution is 2.16. The first-order valence-corrected chi connectivity index (χ1v) is 6.89. The van der Waals surface area contributed by atoms with E-state index in [1.54, 1.807) is 34.5 Å². The molecule has 0 bridgehead atoms. The van der Waals surface area contributed by atoms with Crippen molar-refractivity contribution >= 4 is 23.2 Å². The van der Waals surface area contributed by atoms with Gasteiger partial charge in [-0.25, -0.2) is 4.68 Å². The highest BCUT2D eigenvalue weighted by Gasteiger charge is 2.07. The number of anilines is 2. The van der Waals surface area contributed by atoms with Crippen LogP contribution in [-0.4, -0.2) is 24.7 Å². The second kappa shape index (κ2) is 5.25. The average Bonchev–Trinajstić information content (AvgIpc) is 3.07. The maximum atomic E-state index is 5.70. The lowest BCUT2D eigenvalue weighted by molar-refractivity contribution is 0.798. The standard InChI is InChI=1S/C12H13N7S/c1-8-3-6-20-9(8)7-14-11-16-10(13)17-12(18-11)19-5-2-4-15-19/h2-6H,7H2,1H3,(H3,13,14,16,17,18). The maximum absolute atomic E-state index is 5.70. The van der Waals surface area contributed by atoms with E-state index in [4.69, 9.17) is 5.73 Å². The molecule has 0 radical (unpaired) electrons. The van der Waals surface area contributed by atoms with Crippen molar-refractivity contribution in [2.75, 3.05) is 11.1 Å². The molecule has 0 amide bonds. The topological polar surface area (TPSA) is 94.5 Å². The summed E-state index contributed by atoms with van der Waals surface area (Å²) in [7, 11) is 0. The molecule has 0 atom stereocenters. The van der Waals surface area contributed by atoms with Gasteiger partial charge in [0.1, 0.15) is 0 Å². The molecule has 102 valence electrons. The van der Waals surface area contributed by atoms with Gasteiger partial charge < -0.3 is 11.1 Å². The first-order valence-electron chi connectivity index (χ1n) is 6.01. The van der Waals surface area contributed by atoms with Crippen LogP contribution in [0.1, 0.15) is 10.4 Å². The number of nitrogens with zero attached hydrogens (tertiary/aromatic N) is 5. The second-order valence-corrected chi connectivity index (χ2v) is 5.15. The Balaban J connectivity index is 1.81. The minimum Gasteiger partial charge on any atom is -0.368 e. The second-order valence-electron chi connectivity index (χ2n) is 4.15. The van der Waals surface area contributed by atoms with Gasteiger partial charge >= 0.3 is 0 Å². The van der Waals surface area contributed by atoms with E-state index in [0.717, 1.165) is 0 Å². The summed E-state index contributed by atoms with van der Waals surface area (Å²) in [5, 5.41) is 9.29. The molecule has 0 aliphatic carbocycles. The number of nitrogens with two attached hydrogens (primary N) is 1. The molecule has 0 spiro atoms. The number of nitrogens with one attached hydrogen (secondary N) is 1. The molecule has 3 rings (SSSR count). The van der Waals surface area contributed by atoms with Crippen LogP contribution in [0.3, 0.4) is 0 Å². The van der Waals surface area contributed by atoms with Crippen LogP contribution in [0.15, 0.2) is 29.9 Å². The number of hydrogen-bond donors (Lipinski definition) is 2. The summed E-state index contributed by atoms with van der Waals surface area (Å²) in [6.45, 7) is 2.73. The maximum Gasteiger partial charge on any atom is 0.257 e. The van der Waals surface area contributed by atoms with Crippen molar-refractivity contribution < 1.29 is 0 Å². The van der Waals surface area contributed by atoms with Gasteiger partial charge in [-0.3, -0.25) is 0 Å². The largest absolute Gasteiger partial charge is 0.368 e. The summed E-state index contributed by atoms with van der Waals surface area (Å²) in [6.07, 6.45) is 3.41. The zero-order valence-electron chi connectivity index (χ0n) is 10.8. The molecule has 0 fully saturated rings. The van der Waals surface area contributed by atoms with Crippen LogP contribution in [0.4, 0.5) is 11.9 Å². The molecule has 3 aromatic rings. The smallest absolute Gasteiger partial charge is 0.257 e. The van der Waals surface area contributed by atoms with E-state index in [1.807, 2.05) is 0 Å². The summed E-state index contributed by atoms with van der Waals surface area (Å²) in [6, 6.07) is 3.88. The zero-order valence-corrected chi connectivity index (χ0v) is 11.6. The summed E-state index contributed by atoms with van der Waals surface area (Å²) in [5.41, 5.74) is 6.95. The van der Waals surface area contributed by atoms with Gasteiger partial charge in [-0.05, 0) is 30.0 Å². The summed E-state index contributed by atoms with van der Waals surface area (Å²) in [4.78, 5) is 13.7. The Labute approximate surface area is 119 Å². The van der Waals surface area contributed by atoms with Gasteiger partial charge in [0.2, 0.25) is 11.9 Å². The Hall–Kier alpha value is -2.48. The third kappa shape index (κ3) is 2.59. The van der Waals surface area contributed by atoms with Crippen molar-refractivity contribution in [3.05, 3.63) is 40.3 Å². The monoisotopic (exact) mass is 287 g/mol. The Morgan fingerprint density at radius 3 is 2.95 bits per heavy atom.